The van der Waals surface area contributed by atoms with Crippen molar-refractivity contribution in [2.24, 2.45) is 23.2 Å². The molecule has 2 aromatic rings. The number of aromatic nitrogens is 2. The number of hydrogen-bond donors (Lipinski definition) is 1. The molecule has 1 saturated heterocycles. The van der Waals surface area contributed by atoms with Crippen LogP contribution in [0.5, 0.6) is 0 Å². The van der Waals surface area contributed by atoms with E-state index in [0.29, 0.717) is 36.8 Å². The van der Waals surface area contributed by atoms with Crippen molar-refractivity contribution < 1.29 is 18.5 Å². The van der Waals surface area contributed by atoms with Crippen LogP contribution in [0.3, 0.4) is 0 Å². The second kappa shape index (κ2) is 9.03. The van der Waals surface area contributed by atoms with Gasteiger partial charge in [-0.05, 0) is 86.7 Å². The third-order valence-electron chi connectivity index (χ3n) is 8.79. The highest BCUT2D eigenvalue weighted by molar-refractivity contribution is 5.85. The maximum Gasteiger partial charge on any atom is 0.241 e. The van der Waals surface area contributed by atoms with E-state index in [0.717, 1.165) is 30.6 Å². The van der Waals surface area contributed by atoms with Gasteiger partial charge < -0.3 is 14.7 Å². The molecule has 8 heteroatoms. The summed E-state index contributed by atoms with van der Waals surface area (Å²) in [4.78, 5) is 32.0. The molecule has 1 N–H and O–H groups in total. The van der Waals surface area contributed by atoms with Crippen molar-refractivity contribution in [2.75, 3.05) is 19.6 Å². The Labute approximate surface area is 204 Å². The Morgan fingerprint density at radius 2 is 1.89 bits per heavy atom. The lowest BCUT2D eigenvalue weighted by atomic mass is 9.49. The maximum atomic E-state index is 13.5. The predicted octanol–water partition coefficient (Wildman–Crippen LogP) is 4.30. The number of hydrogen-bond acceptors (Lipinski definition) is 5. The second-order valence-corrected chi connectivity index (χ2v) is 11.5. The topological polar surface area (TPSA) is 88.3 Å². The molecule has 2 heterocycles. The van der Waals surface area contributed by atoms with E-state index in [4.69, 9.17) is 4.52 Å². The van der Waals surface area contributed by atoms with Gasteiger partial charge in [-0.2, -0.15) is 4.98 Å². The predicted molar refractivity (Wildman–Crippen MR) is 126 cm³/mol. The average Bonchev–Trinajstić information content (AvgIpc) is 3.32. The van der Waals surface area contributed by atoms with Crippen LogP contribution < -0.4 is 5.32 Å². The molecule has 7 rings (SSSR count). The Morgan fingerprint density at radius 1 is 1.14 bits per heavy atom. The number of benzene rings is 1. The highest BCUT2D eigenvalue weighted by atomic mass is 19.1. The van der Waals surface area contributed by atoms with Gasteiger partial charge in [-0.25, -0.2) is 4.39 Å². The first kappa shape index (κ1) is 22.7. The monoisotopic (exact) mass is 480 g/mol. The lowest BCUT2D eigenvalue weighted by molar-refractivity contribution is -0.136. The second-order valence-electron chi connectivity index (χ2n) is 11.5. The third kappa shape index (κ3) is 4.71. The van der Waals surface area contributed by atoms with Gasteiger partial charge in [0, 0.05) is 25.1 Å². The van der Waals surface area contributed by atoms with Gasteiger partial charge in [-0.3, -0.25) is 9.59 Å². The summed E-state index contributed by atoms with van der Waals surface area (Å²) in [5, 5.41) is 6.93. The minimum atomic E-state index is -0.353. The zero-order chi connectivity index (χ0) is 24.0. The third-order valence-corrected chi connectivity index (χ3v) is 8.79. The van der Waals surface area contributed by atoms with Gasteiger partial charge in [0.25, 0.3) is 0 Å². The van der Waals surface area contributed by atoms with Gasteiger partial charge in [-0.15, -0.1) is 0 Å². The molecule has 1 unspecified atom stereocenters. The summed E-state index contributed by atoms with van der Waals surface area (Å²) in [6.45, 7) is 1.18. The van der Waals surface area contributed by atoms with Crippen molar-refractivity contribution in [3.05, 3.63) is 36.0 Å². The molecule has 35 heavy (non-hydrogen) atoms. The number of halogens is 1. The Bertz CT molecular complexity index is 1080. The number of amides is 2. The summed E-state index contributed by atoms with van der Waals surface area (Å²) in [7, 11) is 0. The van der Waals surface area contributed by atoms with Gasteiger partial charge in [-0.1, -0.05) is 17.3 Å². The largest absolute Gasteiger partial charge is 0.347 e. The molecule has 186 valence electrons. The Morgan fingerprint density at radius 3 is 2.60 bits per heavy atom. The molecule has 7 nitrogen and oxygen atoms in total. The van der Waals surface area contributed by atoms with Crippen molar-refractivity contribution in [3.63, 3.8) is 0 Å². The Hall–Kier alpha value is -2.77. The van der Waals surface area contributed by atoms with E-state index in [2.05, 4.69) is 15.5 Å². The Balaban J connectivity index is 1.02. The van der Waals surface area contributed by atoms with Crippen LogP contribution >= 0.6 is 0 Å². The van der Waals surface area contributed by atoms with E-state index in [-0.39, 0.29) is 35.5 Å². The molecular formula is C27H33FN4O3. The molecule has 1 aliphatic heterocycles. The minimum Gasteiger partial charge on any atom is -0.347 e. The number of rotatable bonds is 6. The number of piperidine rings is 1. The van der Waals surface area contributed by atoms with E-state index in [9.17, 15) is 14.0 Å². The highest BCUT2D eigenvalue weighted by Gasteiger charge is 2.51. The van der Waals surface area contributed by atoms with Gasteiger partial charge >= 0.3 is 0 Å². The molecule has 2 amide bonds. The van der Waals surface area contributed by atoms with Crippen LogP contribution in [-0.4, -0.2) is 46.5 Å². The zero-order valence-electron chi connectivity index (χ0n) is 20.0. The van der Waals surface area contributed by atoms with Crippen LogP contribution in [0.1, 0.15) is 69.6 Å². The fourth-order valence-corrected chi connectivity index (χ4v) is 7.75. The first-order valence-corrected chi connectivity index (χ1v) is 13.1. The van der Waals surface area contributed by atoms with Crippen LogP contribution in [0, 0.1) is 29.0 Å². The first-order chi connectivity index (χ1) is 16.9. The number of nitrogens with zero attached hydrogens (tertiary/aromatic N) is 3. The van der Waals surface area contributed by atoms with Crippen LogP contribution in [0.2, 0.25) is 0 Å². The lowest BCUT2D eigenvalue weighted by Gasteiger charge is -2.56. The summed E-state index contributed by atoms with van der Waals surface area (Å²) >= 11 is 0. The molecule has 1 atom stereocenters. The molecule has 1 aromatic heterocycles. The van der Waals surface area contributed by atoms with Gasteiger partial charge in [0.2, 0.25) is 23.5 Å². The summed E-state index contributed by atoms with van der Waals surface area (Å²) in [5.41, 5.74) is 0.737. The van der Waals surface area contributed by atoms with Crippen LogP contribution in [0.25, 0.3) is 11.4 Å². The number of carbonyl (C=O) groups is 2. The molecule has 4 bridgehead atoms. The van der Waals surface area contributed by atoms with E-state index in [1.165, 1.54) is 50.7 Å². The van der Waals surface area contributed by atoms with Crippen molar-refractivity contribution in [1.82, 2.24) is 20.4 Å². The Kier molecular flexibility index (Phi) is 5.85. The minimum absolute atomic E-state index is 0.0190. The van der Waals surface area contributed by atoms with Gasteiger partial charge in [0.15, 0.2) is 0 Å². The van der Waals surface area contributed by atoms with Crippen molar-refractivity contribution >= 4 is 11.8 Å². The van der Waals surface area contributed by atoms with Gasteiger partial charge in [0.1, 0.15) is 5.82 Å². The van der Waals surface area contributed by atoms with Crippen molar-refractivity contribution in [1.29, 1.82) is 0 Å². The smallest absolute Gasteiger partial charge is 0.241 e. The quantitative estimate of drug-likeness (QED) is 0.666. The maximum absolute atomic E-state index is 13.5. The summed E-state index contributed by atoms with van der Waals surface area (Å²) in [5.74, 6) is 2.78. The van der Waals surface area contributed by atoms with Gasteiger partial charge in [0.05, 0.1) is 12.5 Å². The molecule has 5 fully saturated rings. The molecule has 4 saturated carbocycles. The molecule has 1 aromatic carbocycles. The lowest BCUT2D eigenvalue weighted by Crippen LogP contribution is -2.49. The molecule has 0 spiro atoms. The summed E-state index contributed by atoms with van der Waals surface area (Å²) in [6, 6.07) is 6.09. The summed E-state index contributed by atoms with van der Waals surface area (Å²) < 4.78 is 19.0. The molecule has 5 aliphatic rings. The number of likely N-dealkylation sites (tertiary alicyclic amines) is 1. The van der Waals surface area contributed by atoms with E-state index in [1.807, 2.05) is 0 Å². The SMILES string of the molecule is O=C(CC12CC3CC(CC(C3)C1)C2)NCC(=O)N1CCCC(c2nc(-c3cccc(F)c3)no2)C1. The molecule has 4 aliphatic carbocycles. The van der Waals surface area contributed by atoms with Crippen molar-refractivity contribution in [3.8, 4) is 11.4 Å². The van der Waals surface area contributed by atoms with E-state index < -0.39 is 0 Å². The average molecular weight is 481 g/mol. The zero-order valence-corrected chi connectivity index (χ0v) is 20.0. The standard InChI is InChI=1S/C27H33FN4O3/c28-22-5-1-3-20(10-22)25-30-26(35-31-25)21-4-2-6-32(16-21)24(34)15-29-23(33)14-27-11-17-7-18(12-27)9-19(8-17)13-27/h1,3,5,10,17-19,21H,2,4,6-9,11-16H2,(H,29,33). The van der Waals surface area contributed by atoms with Crippen LogP contribution in [0.15, 0.2) is 28.8 Å². The van der Waals surface area contributed by atoms with Crippen LogP contribution in [-0.2, 0) is 9.59 Å². The normalized spacial score (nSPS) is 31.5. The summed E-state index contributed by atoms with van der Waals surface area (Å²) in [6.07, 6.45) is 9.89. The van der Waals surface area contributed by atoms with E-state index >= 15 is 0 Å². The van der Waals surface area contributed by atoms with Crippen LogP contribution in [0.4, 0.5) is 4.39 Å². The molecular weight excluding hydrogens is 447 g/mol. The number of carbonyl (C=O) groups excluding carboxylic acids is 2. The fraction of sp³-hybridized carbons (Fsp3) is 0.630. The fourth-order valence-electron chi connectivity index (χ4n) is 7.75. The highest BCUT2D eigenvalue weighted by Crippen LogP contribution is 2.61. The first-order valence-electron chi connectivity index (χ1n) is 13.1. The van der Waals surface area contributed by atoms with E-state index in [1.54, 1.807) is 17.0 Å². The number of nitrogens with one attached hydrogen (secondary N) is 1. The molecule has 0 radical (unpaired) electrons. The van der Waals surface area contributed by atoms with Crippen molar-refractivity contribution in [2.45, 2.75) is 63.7 Å².